The highest BCUT2D eigenvalue weighted by molar-refractivity contribution is 7.99. The van der Waals surface area contributed by atoms with Crippen LogP contribution in [0.25, 0.3) is 0 Å². The fraction of sp³-hybridized carbons (Fsp3) is 0.333. The SMILES string of the molecule is Cc1ccccc1[C@@H](Sc1nnc(C[C@H]2CCS(=O)(=O)C2)o1)c1ccccc1. The summed E-state index contributed by atoms with van der Waals surface area (Å²) in [4.78, 5) is 0. The van der Waals surface area contributed by atoms with Gasteiger partial charge in [-0.3, -0.25) is 0 Å². The average Bonchev–Trinajstić information content (AvgIpc) is 3.27. The molecule has 2 atom stereocenters. The van der Waals surface area contributed by atoms with Gasteiger partial charge in [-0.2, -0.15) is 0 Å². The van der Waals surface area contributed by atoms with Gasteiger partial charge in [-0.25, -0.2) is 8.42 Å². The van der Waals surface area contributed by atoms with E-state index in [9.17, 15) is 8.42 Å². The third kappa shape index (κ3) is 4.47. The summed E-state index contributed by atoms with van der Waals surface area (Å²) in [6.45, 7) is 2.10. The van der Waals surface area contributed by atoms with Crippen molar-refractivity contribution < 1.29 is 12.8 Å². The number of hydrogen-bond acceptors (Lipinski definition) is 6. The Balaban J connectivity index is 1.55. The van der Waals surface area contributed by atoms with Gasteiger partial charge < -0.3 is 4.42 Å². The normalized spacial score (nSPS) is 19.5. The van der Waals surface area contributed by atoms with Crippen molar-refractivity contribution in [2.45, 2.75) is 30.2 Å². The van der Waals surface area contributed by atoms with E-state index in [0.29, 0.717) is 24.0 Å². The van der Waals surface area contributed by atoms with Gasteiger partial charge in [-0.05, 0) is 36.0 Å². The minimum Gasteiger partial charge on any atom is -0.416 e. The molecule has 1 fully saturated rings. The summed E-state index contributed by atoms with van der Waals surface area (Å²) < 4.78 is 29.2. The smallest absolute Gasteiger partial charge is 0.277 e. The minimum atomic E-state index is -2.90. The van der Waals surface area contributed by atoms with Gasteiger partial charge in [0.2, 0.25) is 5.89 Å². The molecule has 0 unspecified atom stereocenters. The molecule has 4 rings (SSSR count). The second kappa shape index (κ2) is 8.09. The first kappa shape index (κ1) is 19.2. The predicted molar refractivity (Wildman–Crippen MR) is 110 cm³/mol. The van der Waals surface area contributed by atoms with Crippen LogP contribution in [0.2, 0.25) is 0 Å². The van der Waals surface area contributed by atoms with Crippen molar-refractivity contribution in [3.05, 3.63) is 77.2 Å². The molecule has 0 aliphatic carbocycles. The van der Waals surface area contributed by atoms with Crippen molar-refractivity contribution >= 4 is 21.6 Å². The van der Waals surface area contributed by atoms with Crippen LogP contribution in [0.4, 0.5) is 0 Å². The molecule has 1 aliphatic heterocycles. The van der Waals surface area contributed by atoms with E-state index in [2.05, 4.69) is 41.4 Å². The summed E-state index contributed by atoms with van der Waals surface area (Å²) in [7, 11) is -2.90. The van der Waals surface area contributed by atoms with Gasteiger partial charge in [0, 0.05) is 6.42 Å². The lowest BCUT2D eigenvalue weighted by atomic mass is 10.0. The van der Waals surface area contributed by atoms with Crippen LogP contribution in [-0.2, 0) is 16.3 Å². The lowest BCUT2D eigenvalue weighted by Gasteiger charge is -2.17. The number of rotatable bonds is 6. The zero-order valence-corrected chi connectivity index (χ0v) is 17.2. The van der Waals surface area contributed by atoms with E-state index >= 15 is 0 Å². The van der Waals surface area contributed by atoms with Crippen LogP contribution in [0.15, 0.2) is 64.2 Å². The molecule has 0 amide bonds. The Morgan fingerprint density at radius 3 is 2.57 bits per heavy atom. The van der Waals surface area contributed by atoms with Crippen LogP contribution in [0.5, 0.6) is 0 Å². The molecule has 1 saturated heterocycles. The molecule has 28 heavy (non-hydrogen) atoms. The zero-order valence-electron chi connectivity index (χ0n) is 15.6. The van der Waals surface area contributed by atoms with Crippen molar-refractivity contribution in [1.82, 2.24) is 10.2 Å². The van der Waals surface area contributed by atoms with Crippen LogP contribution in [0.3, 0.4) is 0 Å². The Labute approximate surface area is 169 Å². The number of aryl methyl sites for hydroxylation is 1. The summed E-state index contributed by atoms with van der Waals surface area (Å²) >= 11 is 1.53. The van der Waals surface area contributed by atoms with Crippen LogP contribution in [0.1, 0.15) is 34.3 Å². The Morgan fingerprint density at radius 1 is 1.11 bits per heavy atom. The van der Waals surface area contributed by atoms with Gasteiger partial charge in [0.25, 0.3) is 5.22 Å². The highest BCUT2D eigenvalue weighted by Crippen LogP contribution is 2.41. The van der Waals surface area contributed by atoms with E-state index in [1.165, 1.54) is 28.5 Å². The van der Waals surface area contributed by atoms with Gasteiger partial charge in [0.1, 0.15) is 0 Å². The van der Waals surface area contributed by atoms with Gasteiger partial charge in [-0.15, -0.1) is 10.2 Å². The molecule has 146 valence electrons. The van der Waals surface area contributed by atoms with Crippen molar-refractivity contribution in [3.63, 3.8) is 0 Å². The third-order valence-electron chi connectivity index (χ3n) is 5.03. The molecule has 0 bridgehead atoms. The topological polar surface area (TPSA) is 73.1 Å². The van der Waals surface area contributed by atoms with Crippen molar-refractivity contribution in [2.75, 3.05) is 11.5 Å². The summed E-state index contributed by atoms with van der Waals surface area (Å²) in [5.41, 5.74) is 3.59. The summed E-state index contributed by atoms with van der Waals surface area (Å²) in [5.74, 6) is 1.07. The number of nitrogens with zero attached hydrogens (tertiary/aromatic N) is 2. The number of sulfone groups is 1. The van der Waals surface area contributed by atoms with Gasteiger partial charge in [0.05, 0.1) is 16.8 Å². The summed E-state index contributed by atoms with van der Waals surface area (Å²) in [6.07, 6.45) is 1.19. The van der Waals surface area contributed by atoms with Crippen molar-refractivity contribution in [2.24, 2.45) is 5.92 Å². The molecular weight excluding hydrogens is 392 g/mol. The minimum absolute atomic E-state index is 0.0440. The van der Waals surface area contributed by atoms with E-state index < -0.39 is 9.84 Å². The molecule has 2 heterocycles. The van der Waals surface area contributed by atoms with Crippen molar-refractivity contribution in [1.29, 1.82) is 0 Å². The third-order valence-corrected chi connectivity index (χ3v) is 8.00. The summed E-state index contributed by atoms with van der Waals surface area (Å²) in [6, 6.07) is 18.6. The lowest BCUT2D eigenvalue weighted by Crippen LogP contribution is -2.07. The van der Waals surface area contributed by atoms with Crippen LogP contribution in [0, 0.1) is 12.8 Å². The van der Waals surface area contributed by atoms with E-state index in [0.717, 1.165) is 0 Å². The first-order valence-corrected chi connectivity index (χ1v) is 12.0. The Morgan fingerprint density at radius 2 is 1.86 bits per heavy atom. The van der Waals surface area contributed by atoms with Crippen LogP contribution >= 0.6 is 11.8 Å². The fourth-order valence-corrected chi connectivity index (χ4v) is 6.55. The van der Waals surface area contributed by atoms with Gasteiger partial charge in [-0.1, -0.05) is 66.4 Å². The molecule has 0 N–H and O–H groups in total. The van der Waals surface area contributed by atoms with Crippen molar-refractivity contribution in [3.8, 4) is 0 Å². The molecule has 3 aromatic rings. The Bertz CT molecular complexity index is 1050. The molecule has 0 saturated carbocycles. The monoisotopic (exact) mass is 414 g/mol. The maximum absolute atomic E-state index is 11.7. The molecule has 1 aliphatic rings. The molecular formula is C21H22N2O3S2. The van der Waals surface area contributed by atoms with Gasteiger partial charge in [0.15, 0.2) is 9.84 Å². The molecule has 2 aromatic carbocycles. The van der Waals surface area contributed by atoms with E-state index in [1.54, 1.807) is 0 Å². The highest BCUT2D eigenvalue weighted by atomic mass is 32.2. The first-order valence-electron chi connectivity index (χ1n) is 9.30. The largest absolute Gasteiger partial charge is 0.416 e. The zero-order chi connectivity index (χ0) is 19.6. The average molecular weight is 415 g/mol. The maximum atomic E-state index is 11.7. The lowest BCUT2D eigenvalue weighted by molar-refractivity contribution is 0.389. The number of thioether (sulfide) groups is 1. The molecule has 0 radical (unpaired) electrons. The predicted octanol–water partition coefficient (Wildman–Crippen LogP) is 4.24. The Hall–Kier alpha value is -2.12. The number of aromatic nitrogens is 2. The van der Waals surface area contributed by atoms with Crippen LogP contribution in [-0.4, -0.2) is 30.1 Å². The van der Waals surface area contributed by atoms with Gasteiger partial charge >= 0.3 is 0 Å². The quantitative estimate of drug-likeness (QED) is 0.562. The molecule has 5 nitrogen and oxygen atoms in total. The second-order valence-corrected chi connectivity index (χ2v) is 10.5. The maximum Gasteiger partial charge on any atom is 0.277 e. The molecule has 7 heteroatoms. The van der Waals surface area contributed by atoms with E-state index in [4.69, 9.17) is 4.42 Å². The fourth-order valence-electron chi connectivity index (χ4n) is 3.57. The standard InChI is InChI=1S/C21H22N2O3S2/c1-15-7-5-6-10-18(15)20(17-8-3-2-4-9-17)27-21-23-22-19(26-21)13-16-11-12-28(24,25)14-16/h2-10,16,20H,11-14H2,1H3/t16-,20+/m1/s1. The molecule has 0 spiro atoms. The first-order chi connectivity index (χ1) is 13.5. The molecule has 1 aromatic heterocycles. The van der Waals surface area contributed by atoms with Crippen LogP contribution < -0.4 is 0 Å². The number of hydrogen-bond donors (Lipinski definition) is 0. The summed E-state index contributed by atoms with van der Waals surface area (Å²) in [5, 5.41) is 8.92. The number of benzene rings is 2. The van der Waals surface area contributed by atoms with E-state index in [-0.39, 0.29) is 22.7 Å². The second-order valence-electron chi connectivity index (χ2n) is 7.20. The highest BCUT2D eigenvalue weighted by Gasteiger charge is 2.29. The Kier molecular flexibility index (Phi) is 5.55. The van der Waals surface area contributed by atoms with E-state index in [1.807, 2.05) is 30.3 Å².